The van der Waals surface area contributed by atoms with E-state index >= 15 is 0 Å². The van der Waals surface area contributed by atoms with Gasteiger partial charge in [0.2, 0.25) is 0 Å². The van der Waals surface area contributed by atoms with Gasteiger partial charge in [0.05, 0.1) is 5.39 Å². The molecule has 0 rings (SSSR count). The van der Waals surface area contributed by atoms with E-state index < -0.39 is 5.39 Å². The van der Waals surface area contributed by atoms with Gasteiger partial charge >= 0.3 is 0 Å². The minimum atomic E-state index is -1.38. The van der Waals surface area contributed by atoms with Crippen molar-refractivity contribution in [2.24, 2.45) is 0 Å². The number of thiol groups is 1. The lowest BCUT2D eigenvalue weighted by Gasteiger charge is -2.17. The summed E-state index contributed by atoms with van der Waals surface area (Å²) in [6.07, 6.45) is 0. The van der Waals surface area contributed by atoms with E-state index in [1.165, 1.54) is 0 Å². The summed E-state index contributed by atoms with van der Waals surface area (Å²) < 4.78 is 1.98. The molecule has 4 heteroatoms. The van der Waals surface area contributed by atoms with Crippen molar-refractivity contribution in [3.8, 4) is 0 Å². The molecule has 0 aromatic carbocycles. The molecule has 1 unspecified atom stereocenters. The van der Waals surface area contributed by atoms with Gasteiger partial charge in [0.25, 0.3) is 0 Å². The average molecular weight is 155 g/mol. The summed E-state index contributed by atoms with van der Waals surface area (Å²) in [4.78, 5) is 0. The van der Waals surface area contributed by atoms with Gasteiger partial charge in [-0.2, -0.15) is 0 Å². The van der Waals surface area contributed by atoms with Gasteiger partial charge in [0, 0.05) is 0 Å². The highest BCUT2D eigenvalue weighted by atomic mass is 32.9. The molecule has 0 saturated heterocycles. The van der Waals surface area contributed by atoms with Crippen LogP contribution < -0.4 is 0 Å². The van der Waals surface area contributed by atoms with Crippen LogP contribution >= 0.6 is 17.6 Å². The Labute approximate surface area is 55.3 Å². The molecule has 1 atom stereocenters. The van der Waals surface area contributed by atoms with Crippen molar-refractivity contribution in [3.63, 3.8) is 0 Å². The van der Waals surface area contributed by atoms with Crippen LogP contribution in [0.25, 0.3) is 0 Å². The van der Waals surface area contributed by atoms with Gasteiger partial charge in [-0.05, 0) is 20.8 Å². The molecule has 0 aliphatic heterocycles. The van der Waals surface area contributed by atoms with Crippen LogP contribution in [-0.2, 0) is 11.8 Å². The van der Waals surface area contributed by atoms with Crippen LogP contribution in [-0.4, -0.2) is 25.4 Å². The number of hydrogen-bond donors (Lipinski definition) is 1. The Balaban J connectivity index is 3.80. The third-order valence-electron chi connectivity index (χ3n) is 0.742. The molecule has 0 N–H and O–H groups in total. The molecule has 0 fully saturated rings. The van der Waals surface area contributed by atoms with E-state index in [-0.39, 0.29) is 0 Å². The fourth-order valence-corrected chi connectivity index (χ4v) is 0. The van der Waals surface area contributed by atoms with Crippen molar-refractivity contribution in [2.45, 2.75) is 0 Å². The van der Waals surface area contributed by atoms with Crippen molar-refractivity contribution in [3.05, 3.63) is 0 Å². The number of hydrogen-bond acceptors (Lipinski definition) is 1. The first-order valence-electron chi connectivity index (χ1n) is 1.92. The molecular formula is C3H10NPS2. The van der Waals surface area contributed by atoms with E-state index in [0.29, 0.717) is 0 Å². The number of rotatable bonds is 1. The van der Waals surface area contributed by atoms with E-state index in [9.17, 15) is 0 Å². The summed E-state index contributed by atoms with van der Waals surface area (Å²) in [6.45, 7) is 1.98. The van der Waals surface area contributed by atoms with Crippen LogP contribution in [0.2, 0.25) is 0 Å². The molecule has 0 heterocycles. The normalized spacial score (nSPS) is 19.6. The summed E-state index contributed by atoms with van der Waals surface area (Å²) in [6, 6.07) is 0. The molecule has 0 radical (unpaired) electrons. The number of nitrogens with zero attached hydrogens (tertiary/aromatic N) is 1. The quantitative estimate of drug-likeness (QED) is 0.450. The molecule has 0 aliphatic carbocycles. The van der Waals surface area contributed by atoms with E-state index in [2.05, 4.69) is 12.2 Å². The fraction of sp³-hybridized carbons (Fsp3) is 1.00. The third-order valence-corrected chi connectivity index (χ3v) is 4.28. The van der Waals surface area contributed by atoms with Gasteiger partial charge in [0.1, 0.15) is 0 Å². The molecular weight excluding hydrogens is 145 g/mol. The van der Waals surface area contributed by atoms with Crippen LogP contribution in [0.1, 0.15) is 0 Å². The maximum atomic E-state index is 5.01. The van der Waals surface area contributed by atoms with Crippen molar-refractivity contribution >= 4 is 29.4 Å². The second-order valence-corrected chi connectivity index (χ2v) is 9.43. The van der Waals surface area contributed by atoms with Crippen molar-refractivity contribution in [2.75, 3.05) is 20.8 Å². The lowest BCUT2D eigenvalue weighted by molar-refractivity contribution is 0.690. The summed E-state index contributed by atoms with van der Waals surface area (Å²) in [7, 11) is 3.90. The highest BCUT2D eigenvalue weighted by Crippen LogP contribution is 2.48. The standard InChI is InChI=1S/C3H10NPS2/c1-4(2)5(3,6)7/h1-3H3,(H,6,7). The molecule has 0 aromatic rings. The third kappa shape index (κ3) is 3.53. The van der Waals surface area contributed by atoms with E-state index in [1.807, 2.05) is 25.4 Å². The molecule has 0 bridgehead atoms. The van der Waals surface area contributed by atoms with Gasteiger partial charge in [-0.1, -0.05) is 11.8 Å². The molecule has 0 aromatic heterocycles. The molecule has 0 saturated carbocycles. The summed E-state index contributed by atoms with van der Waals surface area (Å²) in [5, 5.41) is -1.38. The zero-order chi connectivity index (χ0) is 6.08. The van der Waals surface area contributed by atoms with Crippen LogP contribution in [0.3, 0.4) is 0 Å². The largest absolute Gasteiger partial charge is 0.274 e. The second-order valence-electron chi connectivity index (χ2n) is 1.68. The highest BCUT2D eigenvalue weighted by Gasteiger charge is 2.02. The zero-order valence-corrected chi connectivity index (χ0v) is 7.36. The minimum Gasteiger partial charge on any atom is -0.274 e. The highest BCUT2D eigenvalue weighted by molar-refractivity contribution is 8.62. The first kappa shape index (κ1) is 7.96. The fourth-order valence-electron chi connectivity index (χ4n) is 0. The van der Waals surface area contributed by atoms with Gasteiger partial charge < -0.3 is 0 Å². The van der Waals surface area contributed by atoms with E-state index in [1.54, 1.807) is 0 Å². The predicted octanol–water partition coefficient (Wildman–Crippen LogP) is 1.42. The lowest BCUT2D eigenvalue weighted by atomic mass is 11.3. The second kappa shape index (κ2) is 2.49. The van der Waals surface area contributed by atoms with Crippen LogP contribution in [0, 0.1) is 0 Å². The molecule has 7 heavy (non-hydrogen) atoms. The zero-order valence-electron chi connectivity index (χ0n) is 4.75. The summed E-state index contributed by atoms with van der Waals surface area (Å²) in [5.74, 6) is 0. The van der Waals surface area contributed by atoms with Crippen molar-refractivity contribution in [1.82, 2.24) is 4.67 Å². The SMILES string of the molecule is CN(C)P(C)(=S)S. The van der Waals surface area contributed by atoms with Crippen LogP contribution in [0.15, 0.2) is 0 Å². The summed E-state index contributed by atoms with van der Waals surface area (Å²) >= 11 is 9.21. The van der Waals surface area contributed by atoms with Crippen molar-refractivity contribution in [1.29, 1.82) is 0 Å². The Bertz CT molecular complexity index is 95.1. The van der Waals surface area contributed by atoms with Gasteiger partial charge in [-0.25, -0.2) is 0 Å². The van der Waals surface area contributed by atoms with Gasteiger partial charge in [0.15, 0.2) is 0 Å². The molecule has 0 amide bonds. The van der Waals surface area contributed by atoms with Gasteiger partial charge in [-0.3, -0.25) is 4.67 Å². The van der Waals surface area contributed by atoms with Crippen LogP contribution in [0.5, 0.6) is 0 Å². The molecule has 44 valence electrons. The van der Waals surface area contributed by atoms with Crippen molar-refractivity contribution < 1.29 is 0 Å². The summed E-state index contributed by atoms with van der Waals surface area (Å²) in [5.41, 5.74) is 0. The maximum Gasteiger partial charge on any atom is 0.0605 e. The monoisotopic (exact) mass is 155 g/mol. The Kier molecular flexibility index (Phi) is 2.83. The molecule has 0 spiro atoms. The average Bonchev–Trinajstić information content (AvgIpc) is 1.31. The Morgan fingerprint density at radius 3 is 1.71 bits per heavy atom. The predicted molar refractivity (Wildman–Crippen MR) is 42.9 cm³/mol. The molecule has 1 nitrogen and oxygen atoms in total. The smallest absolute Gasteiger partial charge is 0.0605 e. The van der Waals surface area contributed by atoms with Gasteiger partial charge in [-0.15, -0.1) is 12.2 Å². The first-order chi connectivity index (χ1) is 2.94. The Morgan fingerprint density at radius 1 is 1.57 bits per heavy atom. The van der Waals surface area contributed by atoms with E-state index in [0.717, 1.165) is 0 Å². The Morgan fingerprint density at radius 2 is 1.71 bits per heavy atom. The van der Waals surface area contributed by atoms with E-state index in [4.69, 9.17) is 11.8 Å². The molecule has 0 aliphatic rings. The Hall–Kier alpha value is 0.960. The maximum absolute atomic E-state index is 5.01. The first-order valence-corrected chi connectivity index (χ1v) is 6.28. The minimum absolute atomic E-state index is 1.38. The lowest BCUT2D eigenvalue weighted by Crippen LogP contribution is -2.01. The van der Waals surface area contributed by atoms with Crippen LogP contribution in [0.4, 0.5) is 0 Å². The topological polar surface area (TPSA) is 3.24 Å².